The average Bonchev–Trinajstić information content (AvgIpc) is 2.84. The zero-order chi connectivity index (χ0) is 13.2. The van der Waals surface area contributed by atoms with Gasteiger partial charge in [0.2, 0.25) is 0 Å². The Kier molecular flexibility index (Phi) is 3.68. The molecule has 3 atom stereocenters. The summed E-state index contributed by atoms with van der Waals surface area (Å²) in [7, 11) is 0. The van der Waals surface area contributed by atoms with Gasteiger partial charge in [0, 0.05) is 6.20 Å². The van der Waals surface area contributed by atoms with Crippen molar-refractivity contribution in [2.24, 2.45) is 11.3 Å². The standard InChI is InChI=1S/C15H20N2O/c1-3-12-6-7-15(8-12,10-16)14(18)13-5-4-11(2)9-17-13/h4-5,9,12,14,18H,3,6-8H2,1-2H3. The lowest BCUT2D eigenvalue weighted by molar-refractivity contribution is 0.0603. The Bertz CT molecular complexity index is 449. The number of aliphatic hydroxyl groups is 1. The molecule has 3 nitrogen and oxygen atoms in total. The second kappa shape index (κ2) is 5.07. The van der Waals surface area contributed by atoms with Crippen LogP contribution in [0.2, 0.25) is 0 Å². The summed E-state index contributed by atoms with van der Waals surface area (Å²) >= 11 is 0. The number of nitriles is 1. The molecule has 1 fully saturated rings. The molecule has 96 valence electrons. The zero-order valence-corrected chi connectivity index (χ0v) is 11.1. The van der Waals surface area contributed by atoms with Gasteiger partial charge >= 0.3 is 0 Å². The van der Waals surface area contributed by atoms with Crippen molar-refractivity contribution in [2.45, 2.75) is 45.6 Å². The molecule has 1 saturated carbocycles. The first-order valence-corrected chi connectivity index (χ1v) is 6.63. The smallest absolute Gasteiger partial charge is 0.114 e. The minimum Gasteiger partial charge on any atom is -0.385 e. The molecule has 1 aliphatic rings. The van der Waals surface area contributed by atoms with E-state index in [1.807, 2.05) is 19.1 Å². The van der Waals surface area contributed by atoms with Crippen molar-refractivity contribution in [1.29, 1.82) is 5.26 Å². The fourth-order valence-electron chi connectivity index (χ4n) is 2.86. The number of hydrogen-bond donors (Lipinski definition) is 1. The third-order valence-corrected chi connectivity index (χ3v) is 4.19. The molecular weight excluding hydrogens is 224 g/mol. The van der Waals surface area contributed by atoms with Gasteiger partial charge in [-0.2, -0.15) is 5.26 Å². The fourth-order valence-corrected chi connectivity index (χ4v) is 2.86. The van der Waals surface area contributed by atoms with Gasteiger partial charge in [-0.05, 0) is 43.7 Å². The van der Waals surface area contributed by atoms with Crippen molar-refractivity contribution >= 4 is 0 Å². The predicted molar refractivity (Wildman–Crippen MR) is 69.6 cm³/mol. The van der Waals surface area contributed by atoms with E-state index in [-0.39, 0.29) is 0 Å². The molecule has 0 radical (unpaired) electrons. The highest BCUT2D eigenvalue weighted by atomic mass is 16.3. The summed E-state index contributed by atoms with van der Waals surface area (Å²) in [5, 5.41) is 20.0. The van der Waals surface area contributed by atoms with Crippen molar-refractivity contribution in [2.75, 3.05) is 0 Å². The summed E-state index contributed by atoms with van der Waals surface area (Å²) in [5.41, 5.74) is 1.05. The summed E-state index contributed by atoms with van der Waals surface area (Å²) in [5.74, 6) is 0.560. The number of aliphatic hydroxyl groups excluding tert-OH is 1. The van der Waals surface area contributed by atoms with Crippen LogP contribution in [0, 0.1) is 29.6 Å². The molecule has 1 heterocycles. The van der Waals surface area contributed by atoms with Gasteiger partial charge in [0.05, 0.1) is 17.2 Å². The number of nitrogens with zero attached hydrogens (tertiary/aromatic N) is 2. The molecular formula is C15H20N2O. The Balaban J connectivity index is 2.24. The van der Waals surface area contributed by atoms with E-state index in [1.165, 1.54) is 0 Å². The Labute approximate surface area is 108 Å². The zero-order valence-electron chi connectivity index (χ0n) is 11.1. The maximum absolute atomic E-state index is 10.5. The maximum atomic E-state index is 10.5. The molecule has 1 aromatic heterocycles. The van der Waals surface area contributed by atoms with E-state index in [9.17, 15) is 10.4 Å². The third-order valence-electron chi connectivity index (χ3n) is 4.19. The van der Waals surface area contributed by atoms with E-state index in [4.69, 9.17) is 0 Å². The SMILES string of the molecule is CCC1CCC(C#N)(C(O)c2ccc(C)cn2)C1. The summed E-state index contributed by atoms with van der Waals surface area (Å²) < 4.78 is 0. The number of aromatic nitrogens is 1. The van der Waals surface area contributed by atoms with Gasteiger partial charge in [-0.1, -0.05) is 19.4 Å². The molecule has 3 unspecified atom stereocenters. The summed E-state index contributed by atoms with van der Waals surface area (Å²) in [6, 6.07) is 6.13. The molecule has 0 aliphatic heterocycles. The van der Waals surface area contributed by atoms with Crippen LogP contribution < -0.4 is 0 Å². The summed E-state index contributed by atoms with van der Waals surface area (Å²) in [6.07, 6.45) is 4.66. The van der Waals surface area contributed by atoms with Gasteiger partial charge in [-0.25, -0.2) is 0 Å². The molecule has 3 heteroatoms. The topological polar surface area (TPSA) is 56.9 Å². The second-order valence-electron chi connectivity index (χ2n) is 5.45. The molecule has 0 spiro atoms. The Hall–Kier alpha value is -1.40. The van der Waals surface area contributed by atoms with Crippen molar-refractivity contribution in [1.82, 2.24) is 4.98 Å². The van der Waals surface area contributed by atoms with Crippen LogP contribution in [0.25, 0.3) is 0 Å². The first-order chi connectivity index (χ1) is 8.61. The number of rotatable bonds is 3. The second-order valence-corrected chi connectivity index (χ2v) is 5.45. The lowest BCUT2D eigenvalue weighted by Gasteiger charge is -2.27. The van der Waals surface area contributed by atoms with Crippen LogP contribution in [0.1, 0.15) is 50.0 Å². The molecule has 1 aliphatic carbocycles. The van der Waals surface area contributed by atoms with E-state index < -0.39 is 11.5 Å². The molecule has 0 amide bonds. The summed E-state index contributed by atoms with van der Waals surface area (Å²) in [4.78, 5) is 4.27. The van der Waals surface area contributed by atoms with Crippen LogP contribution in [-0.2, 0) is 0 Å². The van der Waals surface area contributed by atoms with Crippen LogP contribution in [-0.4, -0.2) is 10.1 Å². The fraction of sp³-hybridized carbons (Fsp3) is 0.600. The minimum atomic E-state index is -0.764. The number of hydrogen-bond acceptors (Lipinski definition) is 3. The molecule has 2 rings (SSSR count). The lowest BCUT2D eigenvalue weighted by Crippen LogP contribution is -2.25. The van der Waals surface area contributed by atoms with Gasteiger partial charge in [-0.15, -0.1) is 0 Å². The molecule has 0 bridgehead atoms. The normalized spacial score (nSPS) is 28.9. The van der Waals surface area contributed by atoms with Gasteiger partial charge in [0.25, 0.3) is 0 Å². The van der Waals surface area contributed by atoms with Gasteiger partial charge in [-0.3, -0.25) is 4.98 Å². The van der Waals surface area contributed by atoms with Crippen molar-refractivity contribution in [3.05, 3.63) is 29.6 Å². The largest absolute Gasteiger partial charge is 0.385 e. The minimum absolute atomic E-state index is 0.560. The van der Waals surface area contributed by atoms with Gasteiger partial charge in [0.15, 0.2) is 0 Å². The van der Waals surface area contributed by atoms with Crippen molar-refractivity contribution in [3.8, 4) is 6.07 Å². The van der Waals surface area contributed by atoms with Crippen LogP contribution >= 0.6 is 0 Å². The number of pyridine rings is 1. The van der Waals surface area contributed by atoms with E-state index >= 15 is 0 Å². The molecule has 0 saturated heterocycles. The predicted octanol–water partition coefficient (Wildman–Crippen LogP) is 3.14. The summed E-state index contributed by atoms with van der Waals surface area (Å²) in [6.45, 7) is 4.11. The van der Waals surface area contributed by atoms with Crippen molar-refractivity contribution in [3.63, 3.8) is 0 Å². The van der Waals surface area contributed by atoms with Crippen LogP contribution in [0.3, 0.4) is 0 Å². The Morgan fingerprint density at radius 3 is 2.89 bits per heavy atom. The van der Waals surface area contributed by atoms with Crippen molar-refractivity contribution < 1.29 is 5.11 Å². The highest BCUT2D eigenvalue weighted by Crippen LogP contribution is 2.50. The Morgan fingerprint density at radius 1 is 1.61 bits per heavy atom. The molecule has 18 heavy (non-hydrogen) atoms. The first-order valence-electron chi connectivity index (χ1n) is 6.63. The maximum Gasteiger partial charge on any atom is 0.114 e. The molecule has 1 aromatic rings. The van der Waals surface area contributed by atoms with Crippen LogP contribution in [0.4, 0.5) is 0 Å². The van der Waals surface area contributed by atoms with Gasteiger partial charge < -0.3 is 5.11 Å². The lowest BCUT2D eigenvalue weighted by atomic mass is 9.79. The van der Waals surface area contributed by atoms with E-state index in [1.54, 1.807) is 6.20 Å². The average molecular weight is 244 g/mol. The van der Waals surface area contributed by atoms with Crippen LogP contribution in [0.15, 0.2) is 18.3 Å². The number of aryl methyl sites for hydroxylation is 1. The van der Waals surface area contributed by atoms with E-state index in [0.717, 1.165) is 31.2 Å². The van der Waals surface area contributed by atoms with Crippen LogP contribution in [0.5, 0.6) is 0 Å². The monoisotopic (exact) mass is 244 g/mol. The Morgan fingerprint density at radius 2 is 2.39 bits per heavy atom. The van der Waals surface area contributed by atoms with E-state index in [2.05, 4.69) is 18.0 Å². The third kappa shape index (κ3) is 2.26. The van der Waals surface area contributed by atoms with E-state index in [0.29, 0.717) is 11.6 Å². The first kappa shape index (κ1) is 13.0. The quantitative estimate of drug-likeness (QED) is 0.888. The molecule has 1 N–H and O–H groups in total. The molecule has 0 aromatic carbocycles. The van der Waals surface area contributed by atoms with Gasteiger partial charge in [0.1, 0.15) is 6.10 Å². The highest BCUT2D eigenvalue weighted by molar-refractivity contribution is 5.20. The highest BCUT2D eigenvalue weighted by Gasteiger charge is 2.45.